The van der Waals surface area contributed by atoms with Crippen LogP contribution in [-0.2, 0) is 6.18 Å². The molecule has 0 unspecified atom stereocenters. The highest BCUT2D eigenvalue weighted by Gasteiger charge is 2.36. The number of alkyl halides is 3. The van der Waals surface area contributed by atoms with E-state index >= 15 is 0 Å². The molecule has 0 aliphatic rings. The molecular weight excluding hydrogens is 289 g/mol. The van der Waals surface area contributed by atoms with E-state index in [2.05, 4.69) is 0 Å². The minimum atomic E-state index is -4.78. The maximum absolute atomic E-state index is 12.9. The summed E-state index contributed by atoms with van der Waals surface area (Å²) in [5.41, 5.74) is 3.94. The van der Waals surface area contributed by atoms with Crippen molar-refractivity contribution >= 4 is 11.4 Å². The van der Waals surface area contributed by atoms with Gasteiger partial charge in [0.05, 0.1) is 4.92 Å². The minimum absolute atomic E-state index is 0.106. The lowest BCUT2D eigenvalue weighted by Crippen LogP contribution is -2.08. The third-order valence-corrected chi connectivity index (χ3v) is 2.57. The van der Waals surface area contributed by atoms with Gasteiger partial charge in [-0.1, -0.05) is 6.07 Å². The van der Waals surface area contributed by atoms with Crippen LogP contribution in [0.4, 0.5) is 24.5 Å². The number of nitro benzene ring substituents is 1. The summed E-state index contributed by atoms with van der Waals surface area (Å²) < 4.78 is 44.0. The lowest BCUT2D eigenvalue weighted by molar-refractivity contribution is -0.385. The van der Waals surface area contributed by atoms with Crippen LogP contribution in [0.2, 0.25) is 0 Å². The molecule has 0 atom stereocenters. The van der Waals surface area contributed by atoms with Gasteiger partial charge in [-0.25, -0.2) is 0 Å². The third kappa shape index (κ3) is 3.41. The van der Waals surface area contributed by atoms with Gasteiger partial charge in [-0.3, -0.25) is 10.1 Å². The molecule has 2 aromatic rings. The van der Waals surface area contributed by atoms with Gasteiger partial charge in [0.2, 0.25) is 0 Å². The number of nitro groups is 1. The van der Waals surface area contributed by atoms with Gasteiger partial charge in [0.1, 0.15) is 17.1 Å². The summed E-state index contributed by atoms with van der Waals surface area (Å²) >= 11 is 0. The summed E-state index contributed by atoms with van der Waals surface area (Å²) in [6, 6.07) is 8.12. The standard InChI is InChI=1S/C13H9F3N2O3/c14-13(15,16)11-7-9(18(19)20)4-5-12(11)21-10-3-1-2-8(17)6-10/h1-7H,17H2. The SMILES string of the molecule is Nc1cccc(Oc2ccc([N+](=O)[O-])cc2C(F)(F)F)c1. The molecule has 2 rings (SSSR count). The normalized spacial score (nSPS) is 11.2. The van der Waals surface area contributed by atoms with Crippen molar-refractivity contribution in [3.8, 4) is 11.5 Å². The number of anilines is 1. The average molecular weight is 298 g/mol. The third-order valence-electron chi connectivity index (χ3n) is 2.57. The number of nitrogens with two attached hydrogens (primary N) is 1. The molecule has 2 N–H and O–H groups in total. The van der Waals surface area contributed by atoms with E-state index < -0.39 is 28.1 Å². The molecular formula is C13H9F3N2O3. The van der Waals surface area contributed by atoms with Crippen LogP contribution in [0.1, 0.15) is 5.56 Å². The number of ether oxygens (including phenoxy) is 1. The van der Waals surface area contributed by atoms with E-state index in [-0.39, 0.29) is 5.75 Å². The Kier molecular flexibility index (Phi) is 3.70. The molecule has 5 nitrogen and oxygen atoms in total. The number of nitrogen functional groups attached to an aromatic ring is 1. The number of non-ortho nitro benzene ring substituents is 1. The van der Waals surface area contributed by atoms with Crippen molar-refractivity contribution in [2.24, 2.45) is 0 Å². The Bertz CT molecular complexity index is 687. The molecule has 110 valence electrons. The number of rotatable bonds is 3. The molecule has 0 heterocycles. The quantitative estimate of drug-likeness (QED) is 0.528. The summed E-state index contributed by atoms with van der Waals surface area (Å²) in [5.74, 6) is -0.423. The monoisotopic (exact) mass is 298 g/mol. The predicted molar refractivity (Wildman–Crippen MR) is 69.0 cm³/mol. The zero-order valence-electron chi connectivity index (χ0n) is 10.4. The predicted octanol–water partition coefficient (Wildman–Crippen LogP) is 3.99. The highest BCUT2D eigenvalue weighted by molar-refractivity contribution is 5.49. The lowest BCUT2D eigenvalue weighted by atomic mass is 10.1. The first kappa shape index (κ1) is 14.6. The molecule has 0 fully saturated rings. The number of benzene rings is 2. The van der Waals surface area contributed by atoms with Gasteiger partial charge in [-0.05, 0) is 18.2 Å². The van der Waals surface area contributed by atoms with Gasteiger partial charge in [-0.2, -0.15) is 13.2 Å². The zero-order valence-corrected chi connectivity index (χ0v) is 10.4. The van der Waals surface area contributed by atoms with Crippen LogP contribution in [0.25, 0.3) is 0 Å². The second kappa shape index (κ2) is 5.31. The van der Waals surface area contributed by atoms with Crippen LogP contribution in [0.3, 0.4) is 0 Å². The van der Waals surface area contributed by atoms with Gasteiger partial charge < -0.3 is 10.5 Å². The fourth-order valence-corrected chi connectivity index (χ4v) is 1.65. The van der Waals surface area contributed by atoms with Crippen molar-refractivity contribution < 1.29 is 22.8 Å². The van der Waals surface area contributed by atoms with E-state index in [0.717, 1.165) is 12.1 Å². The Morgan fingerprint density at radius 2 is 1.86 bits per heavy atom. The Morgan fingerprint density at radius 3 is 2.43 bits per heavy atom. The van der Waals surface area contributed by atoms with E-state index in [4.69, 9.17) is 10.5 Å². The zero-order chi connectivity index (χ0) is 15.6. The highest BCUT2D eigenvalue weighted by atomic mass is 19.4. The molecule has 0 bridgehead atoms. The first-order chi connectivity index (χ1) is 9.77. The summed E-state index contributed by atoms with van der Waals surface area (Å²) in [4.78, 5) is 9.67. The van der Waals surface area contributed by atoms with Crippen LogP contribution in [0.5, 0.6) is 11.5 Å². The maximum Gasteiger partial charge on any atom is 0.420 e. The van der Waals surface area contributed by atoms with Gasteiger partial charge in [0.25, 0.3) is 5.69 Å². The van der Waals surface area contributed by atoms with Crippen molar-refractivity contribution in [1.29, 1.82) is 0 Å². The largest absolute Gasteiger partial charge is 0.457 e. The van der Waals surface area contributed by atoms with E-state index in [9.17, 15) is 23.3 Å². The Balaban J connectivity index is 2.45. The second-order valence-corrected chi connectivity index (χ2v) is 4.11. The smallest absolute Gasteiger partial charge is 0.420 e. The van der Waals surface area contributed by atoms with Gasteiger partial charge in [0.15, 0.2) is 0 Å². The molecule has 0 aliphatic carbocycles. The molecule has 0 aromatic heterocycles. The maximum atomic E-state index is 12.9. The molecule has 0 aliphatic heterocycles. The van der Waals surface area contributed by atoms with E-state index in [0.29, 0.717) is 11.8 Å². The molecule has 0 amide bonds. The van der Waals surface area contributed by atoms with Gasteiger partial charge in [-0.15, -0.1) is 0 Å². The first-order valence-electron chi connectivity index (χ1n) is 5.66. The fraction of sp³-hybridized carbons (Fsp3) is 0.0769. The van der Waals surface area contributed by atoms with Crippen molar-refractivity contribution in [2.45, 2.75) is 6.18 Å². The molecule has 2 aromatic carbocycles. The summed E-state index contributed by atoms with van der Waals surface area (Å²) in [6.07, 6.45) is -4.78. The molecule has 0 saturated carbocycles. The van der Waals surface area contributed by atoms with E-state index in [1.807, 2.05) is 0 Å². The number of hydrogen-bond donors (Lipinski definition) is 1. The molecule has 8 heteroatoms. The lowest BCUT2D eigenvalue weighted by Gasteiger charge is -2.13. The second-order valence-electron chi connectivity index (χ2n) is 4.11. The van der Waals surface area contributed by atoms with Crippen molar-refractivity contribution in [1.82, 2.24) is 0 Å². The van der Waals surface area contributed by atoms with Crippen LogP contribution >= 0.6 is 0 Å². The van der Waals surface area contributed by atoms with Crippen LogP contribution in [-0.4, -0.2) is 4.92 Å². The van der Waals surface area contributed by atoms with Crippen molar-refractivity contribution in [3.05, 3.63) is 58.1 Å². The highest BCUT2D eigenvalue weighted by Crippen LogP contribution is 2.40. The molecule has 0 radical (unpaired) electrons. The average Bonchev–Trinajstić information content (AvgIpc) is 2.37. The molecule has 0 spiro atoms. The number of halogens is 3. The molecule has 0 saturated heterocycles. The topological polar surface area (TPSA) is 78.4 Å². The number of hydrogen-bond acceptors (Lipinski definition) is 4. The van der Waals surface area contributed by atoms with Crippen molar-refractivity contribution in [2.75, 3.05) is 5.73 Å². The Morgan fingerprint density at radius 1 is 1.14 bits per heavy atom. The van der Waals surface area contributed by atoms with Crippen molar-refractivity contribution in [3.63, 3.8) is 0 Å². The summed E-state index contributed by atoms with van der Waals surface area (Å²) in [7, 11) is 0. The van der Waals surface area contributed by atoms with Gasteiger partial charge >= 0.3 is 6.18 Å². The van der Waals surface area contributed by atoms with Gasteiger partial charge in [0, 0.05) is 23.9 Å². The fourth-order valence-electron chi connectivity index (χ4n) is 1.65. The summed E-state index contributed by atoms with van der Waals surface area (Å²) in [6.45, 7) is 0. The molecule has 21 heavy (non-hydrogen) atoms. The van der Waals surface area contributed by atoms with Crippen LogP contribution < -0.4 is 10.5 Å². The van der Waals surface area contributed by atoms with Crippen LogP contribution in [0, 0.1) is 10.1 Å². The van der Waals surface area contributed by atoms with E-state index in [1.165, 1.54) is 18.2 Å². The minimum Gasteiger partial charge on any atom is -0.457 e. The first-order valence-corrected chi connectivity index (χ1v) is 5.66. The number of nitrogens with zero attached hydrogens (tertiary/aromatic N) is 1. The Labute approximate surface area is 116 Å². The van der Waals surface area contributed by atoms with E-state index in [1.54, 1.807) is 6.07 Å². The summed E-state index contributed by atoms with van der Waals surface area (Å²) in [5, 5.41) is 10.6. The van der Waals surface area contributed by atoms with Crippen LogP contribution in [0.15, 0.2) is 42.5 Å². The Hall–Kier alpha value is -2.77.